The van der Waals surface area contributed by atoms with Crippen LogP contribution in [0.4, 0.5) is 4.39 Å². The van der Waals surface area contributed by atoms with Crippen LogP contribution in [0.5, 0.6) is 0 Å². The number of aliphatic carboxylic acids is 1. The van der Waals surface area contributed by atoms with E-state index in [2.05, 4.69) is 10.3 Å². The summed E-state index contributed by atoms with van der Waals surface area (Å²) >= 11 is 0. The third kappa shape index (κ3) is 3.59. The smallest absolute Gasteiger partial charge is 0.326 e. The first kappa shape index (κ1) is 15.0. The molecule has 112 valence electrons. The van der Waals surface area contributed by atoms with E-state index in [0.29, 0.717) is 17.3 Å². The first-order valence-corrected chi connectivity index (χ1v) is 6.83. The van der Waals surface area contributed by atoms with Gasteiger partial charge in [0.15, 0.2) is 0 Å². The number of amides is 1. The lowest BCUT2D eigenvalue weighted by atomic mass is 10.1. The van der Waals surface area contributed by atoms with Gasteiger partial charge in [-0.05, 0) is 30.7 Å². The van der Waals surface area contributed by atoms with Crippen LogP contribution in [-0.2, 0) is 4.79 Å². The second-order valence-corrected chi connectivity index (χ2v) is 4.92. The molecule has 21 heavy (non-hydrogen) atoms. The molecule has 1 aromatic heterocycles. The summed E-state index contributed by atoms with van der Waals surface area (Å²) in [6.07, 6.45) is 1.95. The number of nitrogens with one attached hydrogen (secondary N) is 2. The highest BCUT2D eigenvalue weighted by Gasteiger charge is 2.20. The molecule has 0 radical (unpaired) electrons. The van der Waals surface area contributed by atoms with Crippen LogP contribution in [-0.4, -0.2) is 28.0 Å². The molecule has 0 aliphatic rings. The van der Waals surface area contributed by atoms with Gasteiger partial charge in [-0.2, -0.15) is 0 Å². The van der Waals surface area contributed by atoms with Crippen LogP contribution in [0.25, 0.3) is 10.9 Å². The zero-order chi connectivity index (χ0) is 15.4. The zero-order valence-electron chi connectivity index (χ0n) is 11.6. The van der Waals surface area contributed by atoms with Gasteiger partial charge < -0.3 is 15.4 Å². The number of aromatic nitrogens is 1. The SMILES string of the molecule is CCCCC(NC(=O)c1cc2cc(F)ccc2[nH]1)C(=O)O. The average Bonchev–Trinajstić information content (AvgIpc) is 2.85. The van der Waals surface area contributed by atoms with Crippen molar-refractivity contribution < 1.29 is 19.1 Å². The molecule has 1 atom stereocenters. The van der Waals surface area contributed by atoms with E-state index in [0.717, 1.165) is 12.8 Å². The minimum Gasteiger partial charge on any atom is -0.480 e. The average molecular weight is 292 g/mol. The summed E-state index contributed by atoms with van der Waals surface area (Å²) in [5.41, 5.74) is 0.848. The summed E-state index contributed by atoms with van der Waals surface area (Å²) < 4.78 is 13.1. The molecule has 1 amide bonds. The number of halogens is 1. The molecule has 0 spiro atoms. The van der Waals surface area contributed by atoms with Crippen molar-refractivity contribution in [3.63, 3.8) is 0 Å². The molecule has 1 unspecified atom stereocenters. The number of fused-ring (bicyclic) bond motifs is 1. The maximum Gasteiger partial charge on any atom is 0.326 e. The van der Waals surface area contributed by atoms with Crippen LogP contribution in [0.1, 0.15) is 36.7 Å². The van der Waals surface area contributed by atoms with Gasteiger partial charge in [-0.1, -0.05) is 19.8 Å². The highest BCUT2D eigenvalue weighted by atomic mass is 19.1. The third-order valence-electron chi connectivity index (χ3n) is 3.28. The normalized spacial score (nSPS) is 12.3. The number of carbonyl (C=O) groups is 2. The number of hydrogen-bond donors (Lipinski definition) is 3. The van der Waals surface area contributed by atoms with Crippen molar-refractivity contribution in [1.82, 2.24) is 10.3 Å². The summed E-state index contributed by atoms with van der Waals surface area (Å²) in [5.74, 6) is -1.95. The Morgan fingerprint density at radius 3 is 2.81 bits per heavy atom. The van der Waals surface area contributed by atoms with Crippen molar-refractivity contribution in [1.29, 1.82) is 0 Å². The van der Waals surface area contributed by atoms with Crippen LogP contribution in [0.3, 0.4) is 0 Å². The lowest BCUT2D eigenvalue weighted by Crippen LogP contribution is -2.40. The molecule has 0 aliphatic heterocycles. The van der Waals surface area contributed by atoms with Gasteiger partial charge in [0.05, 0.1) is 0 Å². The molecule has 3 N–H and O–H groups in total. The Morgan fingerprint density at radius 1 is 1.38 bits per heavy atom. The fourth-order valence-corrected chi connectivity index (χ4v) is 2.13. The van der Waals surface area contributed by atoms with Crippen molar-refractivity contribution in [2.24, 2.45) is 0 Å². The molecule has 1 heterocycles. The number of carboxylic acid groups (broad SMARTS) is 1. The van der Waals surface area contributed by atoms with Crippen molar-refractivity contribution in [2.75, 3.05) is 0 Å². The monoisotopic (exact) mass is 292 g/mol. The second-order valence-electron chi connectivity index (χ2n) is 4.92. The maximum absolute atomic E-state index is 13.1. The van der Waals surface area contributed by atoms with E-state index in [-0.39, 0.29) is 11.5 Å². The number of hydrogen-bond acceptors (Lipinski definition) is 2. The quantitative estimate of drug-likeness (QED) is 0.765. The Hall–Kier alpha value is -2.37. The van der Waals surface area contributed by atoms with Crippen LogP contribution in [0.2, 0.25) is 0 Å². The largest absolute Gasteiger partial charge is 0.480 e. The van der Waals surface area contributed by atoms with Crippen LogP contribution in [0, 0.1) is 5.82 Å². The fourth-order valence-electron chi connectivity index (χ4n) is 2.13. The Morgan fingerprint density at radius 2 is 2.14 bits per heavy atom. The van der Waals surface area contributed by atoms with Gasteiger partial charge in [-0.15, -0.1) is 0 Å². The Labute approximate surface area is 121 Å². The molecule has 5 nitrogen and oxygen atoms in total. The van der Waals surface area contributed by atoms with Crippen LogP contribution >= 0.6 is 0 Å². The van der Waals surface area contributed by atoms with Crippen LogP contribution in [0.15, 0.2) is 24.3 Å². The van der Waals surface area contributed by atoms with Gasteiger partial charge in [0, 0.05) is 10.9 Å². The van der Waals surface area contributed by atoms with E-state index in [9.17, 15) is 14.0 Å². The van der Waals surface area contributed by atoms with Crippen molar-refractivity contribution in [2.45, 2.75) is 32.2 Å². The summed E-state index contributed by atoms with van der Waals surface area (Å²) in [5, 5.41) is 12.1. The van der Waals surface area contributed by atoms with Crippen molar-refractivity contribution in [3.05, 3.63) is 35.8 Å². The first-order chi connectivity index (χ1) is 10.0. The Bertz CT molecular complexity index is 666. The van der Waals surface area contributed by atoms with E-state index in [1.54, 1.807) is 0 Å². The summed E-state index contributed by atoms with van der Waals surface area (Å²) in [7, 11) is 0. The van der Waals surface area contributed by atoms with E-state index in [4.69, 9.17) is 5.11 Å². The highest BCUT2D eigenvalue weighted by Crippen LogP contribution is 2.16. The molecule has 0 saturated carbocycles. The molecule has 0 aliphatic carbocycles. The predicted molar refractivity (Wildman–Crippen MR) is 76.7 cm³/mol. The van der Waals surface area contributed by atoms with Crippen LogP contribution < -0.4 is 5.32 Å². The van der Waals surface area contributed by atoms with Gasteiger partial charge in [0.1, 0.15) is 17.6 Å². The van der Waals surface area contributed by atoms with E-state index in [1.807, 2.05) is 6.92 Å². The topological polar surface area (TPSA) is 82.2 Å². The molecular formula is C15H17FN2O3. The Balaban J connectivity index is 2.15. The zero-order valence-corrected chi connectivity index (χ0v) is 11.6. The number of carbonyl (C=O) groups excluding carboxylic acids is 1. The standard InChI is InChI=1S/C15H17FN2O3/c1-2-3-4-12(15(20)21)18-14(19)13-8-9-7-10(16)5-6-11(9)17-13/h5-8,12,17H,2-4H2,1H3,(H,18,19)(H,20,21). The lowest BCUT2D eigenvalue weighted by Gasteiger charge is -2.13. The van der Waals surface area contributed by atoms with Gasteiger partial charge in [0.25, 0.3) is 5.91 Å². The molecule has 6 heteroatoms. The predicted octanol–water partition coefficient (Wildman–Crippen LogP) is 2.68. The molecule has 0 saturated heterocycles. The third-order valence-corrected chi connectivity index (χ3v) is 3.28. The van der Waals surface area contributed by atoms with Gasteiger partial charge in [-0.3, -0.25) is 4.79 Å². The number of carboxylic acids is 1. The first-order valence-electron chi connectivity index (χ1n) is 6.83. The maximum atomic E-state index is 13.1. The summed E-state index contributed by atoms with van der Waals surface area (Å²) in [4.78, 5) is 26.0. The molecule has 2 rings (SSSR count). The number of rotatable bonds is 6. The van der Waals surface area contributed by atoms with E-state index >= 15 is 0 Å². The number of H-pyrrole nitrogens is 1. The van der Waals surface area contributed by atoms with E-state index in [1.165, 1.54) is 24.3 Å². The fraction of sp³-hybridized carbons (Fsp3) is 0.333. The lowest BCUT2D eigenvalue weighted by molar-refractivity contribution is -0.139. The van der Waals surface area contributed by atoms with Crippen molar-refractivity contribution in [3.8, 4) is 0 Å². The Kier molecular flexibility index (Phi) is 4.57. The number of aromatic amines is 1. The summed E-state index contributed by atoms with van der Waals surface area (Å²) in [6, 6.07) is 4.73. The number of unbranched alkanes of at least 4 members (excludes halogenated alkanes) is 1. The highest BCUT2D eigenvalue weighted by molar-refractivity contribution is 5.99. The van der Waals surface area contributed by atoms with Gasteiger partial charge in [0.2, 0.25) is 0 Å². The minimum absolute atomic E-state index is 0.221. The van der Waals surface area contributed by atoms with Crippen molar-refractivity contribution >= 4 is 22.8 Å². The molecule has 2 aromatic rings. The van der Waals surface area contributed by atoms with Gasteiger partial charge in [-0.25, -0.2) is 9.18 Å². The second kappa shape index (κ2) is 6.39. The number of benzene rings is 1. The minimum atomic E-state index is -1.06. The molecule has 1 aromatic carbocycles. The summed E-state index contributed by atoms with van der Waals surface area (Å²) in [6.45, 7) is 1.95. The van der Waals surface area contributed by atoms with E-state index < -0.39 is 17.9 Å². The molecular weight excluding hydrogens is 275 g/mol. The molecule has 0 bridgehead atoms. The van der Waals surface area contributed by atoms with Gasteiger partial charge >= 0.3 is 5.97 Å². The molecule has 0 fully saturated rings.